The van der Waals surface area contributed by atoms with E-state index in [1.54, 1.807) is 18.2 Å². The van der Waals surface area contributed by atoms with Crippen molar-refractivity contribution < 1.29 is 18.0 Å². The number of hydrogen-bond donors (Lipinski definition) is 1. The van der Waals surface area contributed by atoms with Gasteiger partial charge >= 0.3 is 10.2 Å². The number of nitrogens with one attached hydrogen (secondary N) is 1. The summed E-state index contributed by atoms with van der Waals surface area (Å²) in [4.78, 5) is 28.9. The van der Waals surface area contributed by atoms with Gasteiger partial charge in [0.15, 0.2) is 0 Å². The summed E-state index contributed by atoms with van der Waals surface area (Å²) >= 11 is 6.44. The van der Waals surface area contributed by atoms with Gasteiger partial charge < -0.3 is 10.2 Å². The van der Waals surface area contributed by atoms with E-state index >= 15 is 0 Å². The number of nitrogens with zero attached hydrogens (tertiary/aromatic N) is 3. The Bertz CT molecular complexity index is 1250. The molecule has 10 heteroatoms. The fourth-order valence-corrected chi connectivity index (χ4v) is 6.10. The van der Waals surface area contributed by atoms with Crippen molar-refractivity contribution in [3.8, 4) is 0 Å². The lowest BCUT2D eigenvalue weighted by Gasteiger charge is -2.35. The summed E-state index contributed by atoms with van der Waals surface area (Å²) in [5.74, 6) is -0.710. The minimum atomic E-state index is -4.02. The Balaban J connectivity index is 2.01. The first-order valence-corrected chi connectivity index (χ1v) is 14.8. The Kier molecular flexibility index (Phi) is 10.2. The molecule has 1 aliphatic carbocycles. The molecule has 38 heavy (non-hydrogen) atoms. The van der Waals surface area contributed by atoms with Gasteiger partial charge in [-0.3, -0.25) is 9.59 Å². The van der Waals surface area contributed by atoms with Crippen LogP contribution in [0, 0.1) is 13.8 Å². The number of aryl methyl sites for hydroxylation is 2. The van der Waals surface area contributed by atoms with Crippen LogP contribution in [0.3, 0.4) is 0 Å². The van der Waals surface area contributed by atoms with Crippen molar-refractivity contribution in [1.29, 1.82) is 0 Å². The molecule has 0 heterocycles. The molecule has 0 bridgehead atoms. The number of carbonyl (C=O) groups is 2. The van der Waals surface area contributed by atoms with Gasteiger partial charge in [-0.25, -0.2) is 4.31 Å². The molecule has 208 valence electrons. The normalized spacial score (nSPS) is 14.9. The van der Waals surface area contributed by atoms with Gasteiger partial charge in [0, 0.05) is 31.7 Å². The summed E-state index contributed by atoms with van der Waals surface area (Å²) in [5.41, 5.74) is 2.70. The summed E-state index contributed by atoms with van der Waals surface area (Å²) in [6, 6.07) is 12.0. The molecular formula is C28H39ClN4O4S. The average Bonchev–Trinajstić information content (AvgIpc) is 3.37. The average molecular weight is 563 g/mol. The molecular weight excluding hydrogens is 524 g/mol. The van der Waals surface area contributed by atoms with Crippen LogP contribution in [0.4, 0.5) is 5.69 Å². The fourth-order valence-electron chi connectivity index (χ4n) is 4.79. The van der Waals surface area contributed by atoms with Crippen LogP contribution in [-0.2, 0) is 26.3 Å². The highest BCUT2D eigenvalue weighted by molar-refractivity contribution is 7.90. The maximum atomic E-state index is 14.0. The van der Waals surface area contributed by atoms with Crippen molar-refractivity contribution in [3.63, 3.8) is 0 Å². The van der Waals surface area contributed by atoms with Crippen molar-refractivity contribution >= 4 is 39.3 Å². The quantitative estimate of drug-likeness (QED) is 0.438. The van der Waals surface area contributed by atoms with Crippen LogP contribution in [0.5, 0.6) is 0 Å². The molecule has 0 aliphatic heterocycles. The Labute approximate surface area is 232 Å². The Morgan fingerprint density at radius 2 is 1.74 bits per heavy atom. The Morgan fingerprint density at radius 3 is 2.34 bits per heavy atom. The zero-order chi connectivity index (χ0) is 28.0. The Morgan fingerprint density at radius 1 is 1.08 bits per heavy atom. The van der Waals surface area contributed by atoms with Gasteiger partial charge in [-0.1, -0.05) is 61.7 Å². The molecule has 0 spiro atoms. The maximum Gasteiger partial charge on any atom is 0.304 e. The van der Waals surface area contributed by atoms with E-state index in [-0.39, 0.29) is 18.5 Å². The summed E-state index contributed by atoms with van der Waals surface area (Å²) in [5, 5.41) is 3.59. The van der Waals surface area contributed by atoms with Crippen molar-refractivity contribution in [2.45, 2.75) is 71.5 Å². The second-order valence-corrected chi connectivity index (χ2v) is 12.6. The van der Waals surface area contributed by atoms with Crippen molar-refractivity contribution in [2.75, 3.05) is 24.9 Å². The zero-order valence-corrected chi connectivity index (χ0v) is 24.5. The van der Waals surface area contributed by atoms with Crippen LogP contribution < -0.4 is 9.62 Å². The predicted octanol–water partition coefficient (Wildman–Crippen LogP) is 4.44. The molecule has 0 radical (unpaired) electrons. The summed E-state index contributed by atoms with van der Waals surface area (Å²) < 4.78 is 29.1. The number of benzene rings is 2. The Hall–Kier alpha value is -2.62. The van der Waals surface area contributed by atoms with Gasteiger partial charge in [0.1, 0.15) is 12.6 Å². The second-order valence-electron chi connectivity index (χ2n) is 10.1. The minimum absolute atomic E-state index is 0.0811. The number of rotatable bonds is 11. The third kappa shape index (κ3) is 7.07. The third-order valence-corrected chi connectivity index (χ3v) is 9.21. The second kappa shape index (κ2) is 13.0. The third-order valence-electron chi connectivity index (χ3n) is 7.04. The molecule has 1 unspecified atom stereocenters. The predicted molar refractivity (Wildman–Crippen MR) is 152 cm³/mol. The van der Waals surface area contributed by atoms with Gasteiger partial charge in [0.25, 0.3) is 0 Å². The lowest BCUT2D eigenvalue weighted by atomic mass is 10.1. The molecule has 8 nitrogen and oxygen atoms in total. The maximum absolute atomic E-state index is 14.0. The molecule has 2 amide bonds. The fraction of sp³-hybridized carbons (Fsp3) is 0.500. The van der Waals surface area contributed by atoms with E-state index < -0.39 is 28.7 Å². The van der Waals surface area contributed by atoms with Crippen LogP contribution in [0.25, 0.3) is 0 Å². The highest BCUT2D eigenvalue weighted by atomic mass is 35.5. The van der Waals surface area contributed by atoms with Gasteiger partial charge in [0.05, 0.1) is 5.69 Å². The zero-order valence-electron chi connectivity index (χ0n) is 22.9. The van der Waals surface area contributed by atoms with Crippen LogP contribution in [0.2, 0.25) is 5.02 Å². The molecule has 1 saturated carbocycles. The van der Waals surface area contributed by atoms with Crippen LogP contribution >= 0.6 is 11.6 Å². The lowest BCUT2D eigenvalue weighted by molar-refractivity contribution is -0.140. The summed E-state index contributed by atoms with van der Waals surface area (Å²) in [6.07, 6.45) is 4.34. The van der Waals surface area contributed by atoms with Gasteiger partial charge in [-0.05, 0) is 61.9 Å². The van der Waals surface area contributed by atoms with E-state index in [2.05, 4.69) is 5.32 Å². The number of carbonyl (C=O) groups excluding carboxylic acids is 2. The number of anilines is 1. The first-order valence-electron chi connectivity index (χ1n) is 13.1. The van der Waals surface area contributed by atoms with Crippen molar-refractivity contribution in [2.24, 2.45) is 0 Å². The molecule has 0 saturated heterocycles. The highest BCUT2D eigenvalue weighted by Crippen LogP contribution is 2.27. The summed E-state index contributed by atoms with van der Waals surface area (Å²) in [7, 11) is -1.15. The largest absolute Gasteiger partial charge is 0.352 e. The molecule has 1 fully saturated rings. The van der Waals surface area contributed by atoms with E-state index in [1.165, 1.54) is 19.0 Å². The smallest absolute Gasteiger partial charge is 0.304 e. The van der Waals surface area contributed by atoms with Gasteiger partial charge in [0.2, 0.25) is 11.8 Å². The van der Waals surface area contributed by atoms with Crippen LogP contribution in [0.15, 0.2) is 42.5 Å². The first-order chi connectivity index (χ1) is 17.9. The number of hydrogen-bond acceptors (Lipinski definition) is 4. The SMILES string of the molecule is CCC(C(=O)NC1CCCC1)N(Cc1ccccc1Cl)C(=O)CN(c1cc(C)ccc1C)S(=O)(=O)N(C)C. The molecule has 3 rings (SSSR count). The number of halogens is 1. The molecule has 2 aromatic rings. The van der Waals surface area contributed by atoms with Crippen LogP contribution in [0.1, 0.15) is 55.7 Å². The van der Waals surface area contributed by atoms with E-state index in [9.17, 15) is 18.0 Å². The van der Waals surface area contributed by atoms with Crippen LogP contribution in [-0.4, -0.2) is 62.2 Å². The lowest BCUT2D eigenvalue weighted by Crippen LogP contribution is -2.54. The van der Waals surface area contributed by atoms with E-state index in [4.69, 9.17) is 11.6 Å². The standard InChI is InChI=1S/C28H39ClN4O4S/c1-6-25(28(35)30-23-12-8-9-13-23)32(18-22-11-7-10-14-24(22)29)27(34)19-33(38(36,37)31(4)5)26-17-20(2)15-16-21(26)3/h7,10-11,14-17,23,25H,6,8-9,12-13,18-19H2,1-5H3,(H,30,35). The molecule has 1 atom stereocenters. The van der Waals surface area contributed by atoms with Crippen molar-refractivity contribution in [1.82, 2.24) is 14.5 Å². The molecule has 0 aromatic heterocycles. The van der Waals surface area contributed by atoms with E-state index in [0.717, 1.165) is 45.4 Å². The van der Waals surface area contributed by atoms with Gasteiger partial charge in [-0.2, -0.15) is 12.7 Å². The van der Waals surface area contributed by atoms with E-state index in [0.29, 0.717) is 22.7 Å². The molecule has 2 aromatic carbocycles. The topological polar surface area (TPSA) is 90.0 Å². The monoisotopic (exact) mass is 562 g/mol. The highest BCUT2D eigenvalue weighted by Gasteiger charge is 2.35. The van der Waals surface area contributed by atoms with E-state index in [1.807, 2.05) is 45.0 Å². The molecule has 1 N–H and O–H groups in total. The minimum Gasteiger partial charge on any atom is -0.352 e. The summed E-state index contributed by atoms with van der Waals surface area (Å²) in [6.45, 7) is 5.16. The van der Waals surface area contributed by atoms with Gasteiger partial charge in [-0.15, -0.1) is 0 Å². The number of amides is 2. The molecule has 1 aliphatic rings. The van der Waals surface area contributed by atoms with Crippen molar-refractivity contribution in [3.05, 3.63) is 64.2 Å². The first kappa shape index (κ1) is 29.9.